The summed E-state index contributed by atoms with van der Waals surface area (Å²) in [5.41, 5.74) is 1.85. The number of benzene rings is 1. The van der Waals surface area contributed by atoms with Crippen molar-refractivity contribution in [2.24, 2.45) is 0 Å². The van der Waals surface area contributed by atoms with E-state index >= 15 is 0 Å². The van der Waals surface area contributed by atoms with Crippen LogP contribution in [-0.4, -0.2) is 39.5 Å². The molecule has 20 heavy (non-hydrogen) atoms. The van der Waals surface area contributed by atoms with Gasteiger partial charge in [-0.25, -0.2) is 0 Å². The van der Waals surface area contributed by atoms with Crippen molar-refractivity contribution < 1.29 is 13.2 Å². The van der Waals surface area contributed by atoms with Gasteiger partial charge in [-0.2, -0.15) is 17.4 Å². The number of nitrogens with zero attached hydrogens (tertiary/aromatic N) is 1. The average Bonchev–Trinajstić information content (AvgIpc) is 2.39. The van der Waals surface area contributed by atoms with Crippen LogP contribution < -0.4 is 4.72 Å². The van der Waals surface area contributed by atoms with E-state index in [0.29, 0.717) is 19.8 Å². The first-order chi connectivity index (χ1) is 9.42. The summed E-state index contributed by atoms with van der Waals surface area (Å²) in [5, 5.41) is 0. The molecule has 0 bridgehead atoms. The summed E-state index contributed by atoms with van der Waals surface area (Å²) in [6.07, 6.45) is 0. The van der Waals surface area contributed by atoms with Crippen LogP contribution in [0.15, 0.2) is 42.5 Å². The van der Waals surface area contributed by atoms with Crippen LogP contribution >= 0.6 is 0 Å². The number of ether oxygens (including phenoxy) is 1. The Balaban J connectivity index is 2.38. The van der Waals surface area contributed by atoms with E-state index in [9.17, 15) is 8.42 Å². The maximum Gasteiger partial charge on any atom is 0.279 e. The van der Waals surface area contributed by atoms with Gasteiger partial charge in [-0.15, -0.1) is 0 Å². The summed E-state index contributed by atoms with van der Waals surface area (Å²) >= 11 is 0. The highest BCUT2D eigenvalue weighted by atomic mass is 32.2. The quantitative estimate of drug-likeness (QED) is 0.556. The lowest BCUT2D eigenvalue weighted by Gasteiger charge is -2.17. The van der Waals surface area contributed by atoms with Crippen molar-refractivity contribution in [1.82, 2.24) is 9.03 Å². The molecule has 0 saturated carbocycles. The van der Waals surface area contributed by atoms with Crippen molar-refractivity contribution in [3.63, 3.8) is 0 Å². The van der Waals surface area contributed by atoms with Crippen LogP contribution in [0.25, 0.3) is 0 Å². The fourth-order valence-electron chi connectivity index (χ4n) is 1.52. The number of rotatable bonds is 9. The Hall–Kier alpha value is -1.21. The minimum absolute atomic E-state index is 0.245. The van der Waals surface area contributed by atoms with E-state index in [0.717, 1.165) is 11.1 Å². The first-order valence-electron chi connectivity index (χ1n) is 6.39. The molecular weight excluding hydrogens is 276 g/mol. The number of hydrogen-bond acceptors (Lipinski definition) is 3. The Morgan fingerprint density at radius 3 is 2.60 bits per heavy atom. The third-order valence-electron chi connectivity index (χ3n) is 2.54. The van der Waals surface area contributed by atoms with Gasteiger partial charge in [-0.3, -0.25) is 0 Å². The van der Waals surface area contributed by atoms with E-state index in [1.165, 1.54) is 4.31 Å². The van der Waals surface area contributed by atoms with Crippen LogP contribution in [0.5, 0.6) is 0 Å². The molecule has 0 aliphatic heterocycles. The largest absolute Gasteiger partial charge is 0.376 e. The molecule has 1 aromatic carbocycles. The summed E-state index contributed by atoms with van der Waals surface area (Å²) in [5.74, 6) is 0. The summed E-state index contributed by atoms with van der Waals surface area (Å²) in [4.78, 5) is 0. The van der Waals surface area contributed by atoms with Crippen molar-refractivity contribution in [3.05, 3.63) is 48.0 Å². The first-order valence-corrected chi connectivity index (χ1v) is 7.83. The second kappa shape index (κ2) is 8.16. The lowest BCUT2D eigenvalue weighted by atomic mass is 10.2. The smallest absolute Gasteiger partial charge is 0.279 e. The maximum absolute atomic E-state index is 12.0. The molecular formula is C14H22N2O3S. The zero-order valence-corrected chi connectivity index (χ0v) is 12.8. The maximum atomic E-state index is 12.0. The SMILES string of the molecule is C=C(C)COCCNS(=O)(=O)N(C)Cc1ccccc1. The normalized spacial score (nSPS) is 11.8. The Morgan fingerprint density at radius 2 is 2.00 bits per heavy atom. The summed E-state index contributed by atoms with van der Waals surface area (Å²) in [6.45, 7) is 6.92. The molecule has 6 heteroatoms. The van der Waals surface area contributed by atoms with Gasteiger partial charge >= 0.3 is 0 Å². The molecule has 0 aliphatic carbocycles. The third-order valence-corrected chi connectivity index (χ3v) is 4.06. The van der Waals surface area contributed by atoms with Crippen molar-refractivity contribution in [3.8, 4) is 0 Å². The minimum atomic E-state index is -3.48. The molecule has 0 unspecified atom stereocenters. The van der Waals surface area contributed by atoms with Crippen molar-refractivity contribution in [2.45, 2.75) is 13.5 Å². The molecule has 1 rings (SSSR count). The molecule has 0 radical (unpaired) electrons. The molecule has 112 valence electrons. The Morgan fingerprint density at radius 1 is 1.35 bits per heavy atom. The number of hydrogen-bond donors (Lipinski definition) is 1. The lowest BCUT2D eigenvalue weighted by molar-refractivity contribution is 0.161. The number of nitrogens with one attached hydrogen (secondary N) is 1. The molecule has 0 aliphatic rings. The lowest BCUT2D eigenvalue weighted by Crippen LogP contribution is -2.39. The van der Waals surface area contributed by atoms with Gasteiger partial charge in [-0.1, -0.05) is 42.5 Å². The highest BCUT2D eigenvalue weighted by Gasteiger charge is 2.16. The Labute approximate surface area is 121 Å². The fraction of sp³-hybridized carbons (Fsp3) is 0.429. The molecule has 1 aromatic rings. The Bertz CT molecular complexity index is 514. The van der Waals surface area contributed by atoms with Gasteiger partial charge in [0.2, 0.25) is 0 Å². The van der Waals surface area contributed by atoms with Crippen molar-refractivity contribution in [2.75, 3.05) is 26.8 Å². The van der Waals surface area contributed by atoms with Crippen molar-refractivity contribution in [1.29, 1.82) is 0 Å². The first kappa shape index (κ1) is 16.8. The molecule has 5 nitrogen and oxygen atoms in total. The molecule has 0 atom stereocenters. The van der Waals surface area contributed by atoms with Gasteiger partial charge in [0.15, 0.2) is 0 Å². The van der Waals surface area contributed by atoms with Gasteiger partial charge in [0.1, 0.15) is 0 Å². The van der Waals surface area contributed by atoms with Crippen LogP contribution in [0.2, 0.25) is 0 Å². The highest BCUT2D eigenvalue weighted by molar-refractivity contribution is 7.87. The minimum Gasteiger partial charge on any atom is -0.376 e. The van der Waals surface area contributed by atoms with Crippen LogP contribution in [0.4, 0.5) is 0 Å². The topological polar surface area (TPSA) is 58.6 Å². The Kier molecular flexibility index (Phi) is 6.87. The van der Waals surface area contributed by atoms with Gasteiger partial charge in [0.05, 0.1) is 13.2 Å². The summed E-state index contributed by atoms with van der Waals surface area (Å²) < 4.78 is 33.0. The molecule has 0 amide bonds. The van der Waals surface area contributed by atoms with Crippen LogP contribution in [0.1, 0.15) is 12.5 Å². The van der Waals surface area contributed by atoms with Gasteiger partial charge < -0.3 is 4.74 Å². The fourth-order valence-corrected chi connectivity index (χ4v) is 2.41. The standard InChI is InChI=1S/C14H22N2O3S/c1-13(2)12-19-10-9-15-20(17,18)16(3)11-14-7-5-4-6-8-14/h4-8,15H,1,9-12H2,2-3H3. The van der Waals surface area contributed by atoms with E-state index in [1.54, 1.807) is 7.05 Å². The second-order valence-corrected chi connectivity index (χ2v) is 6.51. The molecule has 0 fully saturated rings. The van der Waals surface area contributed by atoms with E-state index in [-0.39, 0.29) is 6.54 Å². The monoisotopic (exact) mass is 298 g/mol. The molecule has 0 heterocycles. The van der Waals surface area contributed by atoms with Crippen molar-refractivity contribution >= 4 is 10.2 Å². The van der Waals surface area contributed by atoms with Crippen LogP contribution in [-0.2, 0) is 21.5 Å². The molecule has 0 spiro atoms. The van der Waals surface area contributed by atoms with Gasteiger partial charge in [-0.05, 0) is 12.5 Å². The molecule has 0 aromatic heterocycles. The van der Waals surface area contributed by atoms with E-state index in [1.807, 2.05) is 37.3 Å². The summed E-state index contributed by atoms with van der Waals surface area (Å²) in [7, 11) is -1.93. The second-order valence-electron chi connectivity index (χ2n) is 4.65. The van der Waals surface area contributed by atoms with Gasteiger partial charge in [0, 0.05) is 20.1 Å². The van der Waals surface area contributed by atoms with E-state index < -0.39 is 10.2 Å². The average molecular weight is 298 g/mol. The van der Waals surface area contributed by atoms with Gasteiger partial charge in [0.25, 0.3) is 10.2 Å². The highest BCUT2D eigenvalue weighted by Crippen LogP contribution is 2.05. The predicted octanol–water partition coefficient (Wildman–Crippen LogP) is 1.55. The zero-order chi connectivity index (χ0) is 15.0. The van der Waals surface area contributed by atoms with Crippen LogP contribution in [0, 0.1) is 0 Å². The molecule has 1 N–H and O–H groups in total. The van der Waals surface area contributed by atoms with E-state index in [4.69, 9.17) is 4.74 Å². The van der Waals surface area contributed by atoms with Crippen LogP contribution in [0.3, 0.4) is 0 Å². The summed E-state index contributed by atoms with van der Waals surface area (Å²) in [6, 6.07) is 9.45. The third kappa shape index (κ3) is 6.29. The molecule has 0 saturated heterocycles. The zero-order valence-electron chi connectivity index (χ0n) is 12.0. The predicted molar refractivity (Wildman–Crippen MR) is 80.5 cm³/mol. The van der Waals surface area contributed by atoms with E-state index in [2.05, 4.69) is 11.3 Å².